The summed E-state index contributed by atoms with van der Waals surface area (Å²) in [5, 5.41) is 1.09. The lowest BCUT2D eigenvalue weighted by Gasteiger charge is -2.56. The molecular weight excluding hydrogens is 288 g/mol. The second kappa shape index (κ2) is 4.84. The highest BCUT2D eigenvalue weighted by atomic mass is 16.5. The van der Waals surface area contributed by atoms with Gasteiger partial charge in [0, 0.05) is 48.3 Å². The number of hydrogen-bond donors (Lipinski definition) is 1. The summed E-state index contributed by atoms with van der Waals surface area (Å²) in [6.45, 7) is 7.04. The fourth-order valence-electron chi connectivity index (χ4n) is 5.13. The van der Waals surface area contributed by atoms with Crippen LogP contribution >= 0.6 is 0 Å². The van der Waals surface area contributed by atoms with Crippen LogP contribution in [0.25, 0.3) is 10.9 Å². The van der Waals surface area contributed by atoms with Gasteiger partial charge >= 0.3 is 0 Å². The predicted molar refractivity (Wildman–Crippen MR) is 90.4 cm³/mol. The minimum atomic E-state index is 0.147. The Kier molecular flexibility index (Phi) is 3.11. The molecule has 1 aliphatic heterocycles. The van der Waals surface area contributed by atoms with Crippen LogP contribution in [0.3, 0.4) is 0 Å². The van der Waals surface area contributed by atoms with E-state index in [1.807, 2.05) is 35.4 Å². The van der Waals surface area contributed by atoms with Gasteiger partial charge in [-0.15, -0.1) is 0 Å². The summed E-state index contributed by atoms with van der Waals surface area (Å²) in [5.41, 5.74) is 2.31. The van der Waals surface area contributed by atoms with E-state index in [0.717, 1.165) is 42.6 Å². The van der Waals surface area contributed by atoms with Gasteiger partial charge in [-0.1, -0.05) is 13.8 Å². The van der Waals surface area contributed by atoms with E-state index in [-0.39, 0.29) is 11.3 Å². The minimum Gasteiger partial charge on any atom is -0.384 e. The molecule has 0 bridgehead atoms. The van der Waals surface area contributed by atoms with Crippen LogP contribution in [0.15, 0.2) is 30.5 Å². The fourth-order valence-corrected chi connectivity index (χ4v) is 5.13. The van der Waals surface area contributed by atoms with Crippen molar-refractivity contribution >= 4 is 16.8 Å². The zero-order valence-corrected chi connectivity index (χ0v) is 14.1. The van der Waals surface area contributed by atoms with Gasteiger partial charge in [-0.3, -0.25) is 4.79 Å². The smallest absolute Gasteiger partial charge is 0.253 e. The first-order valence-electron chi connectivity index (χ1n) is 8.31. The Balaban J connectivity index is 1.60. The Hall–Kier alpha value is -1.81. The van der Waals surface area contributed by atoms with Crippen LogP contribution < -0.4 is 0 Å². The van der Waals surface area contributed by atoms with Crippen molar-refractivity contribution in [1.82, 2.24) is 9.88 Å². The number of nitrogens with one attached hydrogen (secondary N) is 1. The zero-order valence-electron chi connectivity index (χ0n) is 14.1. The molecule has 1 amide bonds. The van der Waals surface area contributed by atoms with Crippen molar-refractivity contribution in [3.8, 4) is 0 Å². The molecule has 2 aromatic rings. The summed E-state index contributed by atoms with van der Waals surface area (Å²) in [6.07, 6.45) is 3.05. The number of nitrogens with zero attached hydrogens (tertiary/aromatic N) is 1. The van der Waals surface area contributed by atoms with Gasteiger partial charge in [-0.25, -0.2) is 0 Å². The predicted octanol–water partition coefficient (Wildman–Crippen LogP) is 3.30. The molecule has 0 radical (unpaired) electrons. The number of H-pyrrole nitrogens is 1. The average Bonchev–Trinajstić information content (AvgIpc) is 3.08. The summed E-state index contributed by atoms with van der Waals surface area (Å²) in [4.78, 5) is 18.2. The van der Waals surface area contributed by atoms with Gasteiger partial charge in [0.25, 0.3) is 5.91 Å². The van der Waals surface area contributed by atoms with Gasteiger partial charge in [0.15, 0.2) is 0 Å². The van der Waals surface area contributed by atoms with Crippen LogP contribution in [0.2, 0.25) is 0 Å². The molecule has 2 heterocycles. The maximum absolute atomic E-state index is 13.0. The molecule has 2 fully saturated rings. The van der Waals surface area contributed by atoms with E-state index in [0.29, 0.717) is 11.3 Å². The number of ether oxygens (including phenoxy) is 1. The lowest BCUT2D eigenvalue weighted by molar-refractivity contribution is -0.107. The molecule has 0 spiro atoms. The molecule has 2 atom stereocenters. The number of benzene rings is 1. The number of methoxy groups -OCH3 is 1. The standard InChI is InChI=1S/C19H24N2O2/c1-18(2)10-19(12-23-3)11-21(9-16(18)19)17(22)14-4-5-15-13(8-14)6-7-20-15/h4-8,16,20H,9-12H2,1-3H3/t16-,19-/m1/s1. The summed E-state index contributed by atoms with van der Waals surface area (Å²) < 4.78 is 5.48. The zero-order chi connectivity index (χ0) is 16.2. The van der Waals surface area contributed by atoms with E-state index >= 15 is 0 Å². The van der Waals surface area contributed by atoms with E-state index in [1.54, 1.807) is 7.11 Å². The SMILES string of the molecule is COC[C@@]12CN(C(=O)c3ccc4[nH]ccc4c3)C[C@@H]1C(C)(C)C2. The molecule has 1 saturated carbocycles. The number of aromatic amines is 1. The van der Waals surface area contributed by atoms with E-state index < -0.39 is 0 Å². The van der Waals surface area contributed by atoms with Crippen LogP contribution in [0.1, 0.15) is 30.6 Å². The molecule has 4 nitrogen and oxygen atoms in total. The third-order valence-corrected chi connectivity index (χ3v) is 5.92. The Morgan fingerprint density at radius 3 is 2.96 bits per heavy atom. The second-order valence-electron chi connectivity index (χ2n) is 7.98. The minimum absolute atomic E-state index is 0.147. The first-order valence-corrected chi connectivity index (χ1v) is 8.31. The summed E-state index contributed by atoms with van der Waals surface area (Å²) in [7, 11) is 1.77. The molecule has 4 heteroatoms. The number of fused-ring (bicyclic) bond motifs is 2. The normalized spacial score (nSPS) is 28.7. The number of rotatable bonds is 3. The van der Waals surface area contributed by atoms with E-state index in [2.05, 4.69) is 18.8 Å². The Bertz CT molecular complexity index is 764. The topological polar surface area (TPSA) is 45.3 Å². The first kappa shape index (κ1) is 14.8. The monoisotopic (exact) mass is 312 g/mol. The molecule has 122 valence electrons. The van der Waals surface area contributed by atoms with Crippen molar-refractivity contribution < 1.29 is 9.53 Å². The maximum Gasteiger partial charge on any atom is 0.253 e. The van der Waals surface area contributed by atoms with Gasteiger partial charge in [0.2, 0.25) is 0 Å². The van der Waals surface area contributed by atoms with E-state index in [4.69, 9.17) is 4.74 Å². The molecule has 0 unspecified atom stereocenters. The Labute approximate surface area is 136 Å². The number of hydrogen-bond acceptors (Lipinski definition) is 2. The number of carbonyl (C=O) groups excluding carboxylic acids is 1. The lowest BCUT2D eigenvalue weighted by atomic mass is 9.48. The van der Waals surface area contributed by atoms with Crippen molar-refractivity contribution in [3.05, 3.63) is 36.0 Å². The van der Waals surface area contributed by atoms with Gasteiger partial charge in [0.05, 0.1) is 6.61 Å². The molecule has 1 N–H and O–H groups in total. The largest absolute Gasteiger partial charge is 0.384 e. The van der Waals surface area contributed by atoms with E-state index in [1.165, 1.54) is 0 Å². The molecule has 1 aliphatic carbocycles. The molecule has 4 rings (SSSR count). The van der Waals surface area contributed by atoms with Gasteiger partial charge in [-0.2, -0.15) is 0 Å². The number of likely N-dealkylation sites (tertiary alicyclic amines) is 1. The van der Waals surface area contributed by atoms with Gasteiger partial charge in [0.1, 0.15) is 0 Å². The van der Waals surface area contributed by atoms with Crippen LogP contribution in [0, 0.1) is 16.7 Å². The van der Waals surface area contributed by atoms with Crippen LogP contribution in [-0.4, -0.2) is 42.6 Å². The number of carbonyl (C=O) groups is 1. The molecule has 23 heavy (non-hydrogen) atoms. The summed E-state index contributed by atoms with van der Waals surface area (Å²) >= 11 is 0. The third kappa shape index (κ3) is 2.12. The quantitative estimate of drug-likeness (QED) is 0.945. The van der Waals surface area contributed by atoms with Crippen LogP contribution in [-0.2, 0) is 4.74 Å². The van der Waals surface area contributed by atoms with Crippen LogP contribution in [0.4, 0.5) is 0 Å². The Morgan fingerprint density at radius 1 is 1.39 bits per heavy atom. The third-order valence-electron chi connectivity index (χ3n) is 5.92. The van der Waals surface area contributed by atoms with Crippen molar-refractivity contribution in [2.75, 3.05) is 26.8 Å². The molecule has 1 aromatic heterocycles. The van der Waals surface area contributed by atoms with E-state index in [9.17, 15) is 4.79 Å². The summed E-state index contributed by atoms with van der Waals surface area (Å²) in [6, 6.07) is 7.91. The van der Waals surface area contributed by atoms with Crippen molar-refractivity contribution in [2.45, 2.75) is 20.3 Å². The van der Waals surface area contributed by atoms with Crippen LogP contribution in [0.5, 0.6) is 0 Å². The average molecular weight is 312 g/mol. The molecule has 1 aromatic carbocycles. The highest BCUT2D eigenvalue weighted by Gasteiger charge is 2.63. The molecular formula is C19H24N2O2. The van der Waals surface area contributed by atoms with Gasteiger partial charge < -0.3 is 14.6 Å². The lowest BCUT2D eigenvalue weighted by Crippen LogP contribution is -2.55. The highest BCUT2D eigenvalue weighted by molar-refractivity contribution is 5.98. The number of amides is 1. The Morgan fingerprint density at radius 2 is 2.22 bits per heavy atom. The van der Waals surface area contributed by atoms with Crippen molar-refractivity contribution in [3.63, 3.8) is 0 Å². The summed E-state index contributed by atoms with van der Waals surface area (Å²) in [5.74, 6) is 0.684. The molecule has 1 saturated heterocycles. The number of aromatic nitrogens is 1. The molecule has 2 aliphatic rings. The maximum atomic E-state index is 13.0. The fraction of sp³-hybridized carbons (Fsp3) is 0.526. The highest BCUT2D eigenvalue weighted by Crippen LogP contribution is 2.62. The second-order valence-corrected chi connectivity index (χ2v) is 7.98. The van der Waals surface area contributed by atoms with Gasteiger partial charge in [-0.05, 0) is 42.0 Å². The first-order chi connectivity index (χ1) is 11.0. The van der Waals surface area contributed by atoms with Crippen molar-refractivity contribution in [1.29, 1.82) is 0 Å². The van der Waals surface area contributed by atoms with Crippen molar-refractivity contribution in [2.24, 2.45) is 16.7 Å².